The minimum absolute atomic E-state index is 0.00351. The SMILES string of the molecule is CCc1ccc(-c2nccc(OS(C)(=O)=O)c2-c2cc(Cl)cc(S(C)(=O)=O)c2)cn1. The molecule has 0 spiro atoms. The van der Waals surface area contributed by atoms with Crippen LogP contribution >= 0.6 is 11.6 Å². The first-order valence-electron chi connectivity index (χ1n) is 8.82. The topological polar surface area (TPSA) is 103 Å². The number of hydrogen-bond acceptors (Lipinski definition) is 7. The third kappa shape index (κ3) is 5.16. The summed E-state index contributed by atoms with van der Waals surface area (Å²) in [5, 5.41) is 0.174. The average Bonchev–Trinajstić information content (AvgIpc) is 2.65. The standard InChI is InChI=1S/C20H19ClN2O5S2/c1-4-16-6-5-13(12-23-16)20-19(18(7-8-22-20)28-30(3,26)27)14-9-15(21)11-17(10-14)29(2,24)25/h5-12H,4H2,1-3H3. The fourth-order valence-electron chi connectivity index (χ4n) is 2.87. The van der Waals surface area contributed by atoms with Crippen molar-refractivity contribution in [2.45, 2.75) is 18.2 Å². The number of rotatable bonds is 6. The maximum absolute atomic E-state index is 12.1. The molecule has 0 atom stereocenters. The Balaban J connectivity index is 2.34. The average molecular weight is 467 g/mol. The monoisotopic (exact) mass is 466 g/mol. The fraction of sp³-hybridized carbons (Fsp3) is 0.200. The van der Waals surface area contributed by atoms with Crippen molar-refractivity contribution in [2.24, 2.45) is 0 Å². The van der Waals surface area contributed by atoms with Gasteiger partial charge in [0.05, 0.1) is 22.4 Å². The first-order valence-corrected chi connectivity index (χ1v) is 12.9. The van der Waals surface area contributed by atoms with Gasteiger partial charge >= 0.3 is 10.1 Å². The molecule has 0 aliphatic heterocycles. The van der Waals surface area contributed by atoms with Gasteiger partial charge in [0.25, 0.3) is 0 Å². The zero-order valence-electron chi connectivity index (χ0n) is 16.5. The van der Waals surface area contributed by atoms with E-state index in [-0.39, 0.29) is 15.7 Å². The molecule has 0 amide bonds. The van der Waals surface area contributed by atoms with Gasteiger partial charge in [0, 0.05) is 41.0 Å². The van der Waals surface area contributed by atoms with Crippen molar-refractivity contribution in [3.05, 3.63) is 59.5 Å². The van der Waals surface area contributed by atoms with E-state index in [9.17, 15) is 16.8 Å². The van der Waals surface area contributed by atoms with Crippen LogP contribution in [0, 0.1) is 0 Å². The summed E-state index contributed by atoms with van der Waals surface area (Å²) in [5.41, 5.74) is 2.52. The molecule has 0 saturated heterocycles. The molecule has 30 heavy (non-hydrogen) atoms. The molecule has 0 aliphatic carbocycles. The van der Waals surface area contributed by atoms with E-state index in [0.29, 0.717) is 22.4 Å². The third-order valence-corrected chi connectivity index (χ3v) is 5.99. The van der Waals surface area contributed by atoms with Crippen molar-refractivity contribution in [3.8, 4) is 28.1 Å². The minimum Gasteiger partial charge on any atom is -0.382 e. The van der Waals surface area contributed by atoms with E-state index in [1.165, 1.54) is 30.5 Å². The number of aromatic nitrogens is 2. The molecule has 0 fully saturated rings. The molecule has 0 saturated carbocycles. The molecule has 3 rings (SSSR count). The Hall–Kier alpha value is -2.49. The lowest BCUT2D eigenvalue weighted by molar-refractivity contribution is 0.493. The van der Waals surface area contributed by atoms with E-state index in [0.717, 1.165) is 24.6 Å². The summed E-state index contributed by atoms with van der Waals surface area (Å²) in [6.07, 6.45) is 5.78. The van der Waals surface area contributed by atoms with Gasteiger partial charge in [-0.3, -0.25) is 9.97 Å². The minimum atomic E-state index is -3.86. The maximum atomic E-state index is 12.1. The Bertz CT molecular complexity index is 1310. The Morgan fingerprint density at radius 3 is 2.27 bits per heavy atom. The normalized spacial score (nSPS) is 12.0. The highest BCUT2D eigenvalue weighted by Gasteiger charge is 2.21. The van der Waals surface area contributed by atoms with Gasteiger partial charge < -0.3 is 4.18 Å². The molecule has 3 aromatic rings. The summed E-state index contributed by atoms with van der Waals surface area (Å²) in [4.78, 5) is 8.74. The van der Waals surface area contributed by atoms with E-state index in [1.807, 2.05) is 19.1 Å². The number of halogens is 1. The van der Waals surface area contributed by atoms with E-state index < -0.39 is 20.0 Å². The van der Waals surface area contributed by atoms with Crippen molar-refractivity contribution in [3.63, 3.8) is 0 Å². The van der Waals surface area contributed by atoms with Crippen LogP contribution in [0.3, 0.4) is 0 Å². The van der Waals surface area contributed by atoms with E-state index >= 15 is 0 Å². The Morgan fingerprint density at radius 1 is 0.967 bits per heavy atom. The summed E-state index contributed by atoms with van der Waals surface area (Å²) in [5.74, 6) is 0.00351. The fourth-order valence-corrected chi connectivity index (χ4v) is 4.32. The molecule has 158 valence electrons. The predicted octanol–water partition coefficient (Wildman–Crippen LogP) is 3.77. The second-order valence-electron chi connectivity index (χ2n) is 6.66. The first kappa shape index (κ1) is 22.2. The van der Waals surface area contributed by atoms with Crippen LogP contribution in [0.5, 0.6) is 5.75 Å². The van der Waals surface area contributed by atoms with Gasteiger partial charge in [-0.25, -0.2) is 8.42 Å². The van der Waals surface area contributed by atoms with Crippen LogP contribution in [0.15, 0.2) is 53.7 Å². The van der Waals surface area contributed by atoms with Crippen LogP contribution in [0.2, 0.25) is 5.02 Å². The Labute approximate surface area is 180 Å². The largest absolute Gasteiger partial charge is 0.382 e. The number of aryl methyl sites for hydroxylation is 1. The molecular formula is C20H19ClN2O5S2. The van der Waals surface area contributed by atoms with Crippen LogP contribution in [-0.2, 0) is 26.4 Å². The summed E-state index contributed by atoms with van der Waals surface area (Å²) in [7, 11) is -7.43. The number of sulfone groups is 1. The number of benzene rings is 1. The zero-order valence-corrected chi connectivity index (χ0v) is 18.8. The highest BCUT2D eigenvalue weighted by atomic mass is 35.5. The van der Waals surface area contributed by atoms with Crippen LogP contribution in [0.25, 0.3) is 22.4 Å². The lowest BCUT2D eigenvalue weighted by Gasteiger charge is -2.15. The van der Waals surface area contributed by atoms with Gasteiger partial charge in [0.2, 0.25) is 0 Å². The van der Waals surface area contributed by atoms with Crippen LogP contribution < -0.4 is 4.18 Å². The van der Waals surface area contributed by atoms with Crippen LogP contribution in [0.1, 0.15) is 12.6 Å². The second kappa shape index (κ2) is 8.33. The highest BCUT2D eigenvalue weighted by molar-refractivity contribution is 7.90. The molecule has 1 aromatic carbocycles. The zero-order chi connectivity index (χ0) is 22.1. The van der Waals surface area contributed by atoms with Crippen molar-refractivity contribution in [1.82, 2.24) is 9.97 Å². The van der Waals surface area contributed by atoms with Gasteiger partial charge in [-0.15, -0.1) is 0 Å². The number of pyridine rings is 2. The molecule has 2 heterocycles. The molecule has 10 heteroatoms. The van der Waals surface area contributed by atoms with Gasteiger partial charge in [-0.1, -0.05) is 18.5 Å². The summed E-state index contributed by atoms with van der Waals surface area (Å²) in [6, 6.07) is 9.30. The second-order valence-corrected chi connectivity index (χ2v) is 10.7. The molecule has 0 aliphatic rings. The molecule has 0 radical (unpaired) electrons. The van der Waals surface area contributed by atoms with E-state index in [1.54, 1.807) is 6.20 Å². The number of nitrogens with zero attached hydrogens (tertiary/aromatic N) is 2. The summed E-state index contributed by atoms with van der Waals surface area (Å²) in [6.45, 7) is 1.98. The summed E-state index contributed by atoms with van der Waals surface area (Å²) >= 11 is 6.17. The van der Waals surface area contributed by atoms with Crippen LogP contribution in [0.4, 0.5) is 0 Å². The third-order valence-electron chi connectivity index (χ3n) is 4.20. The molecular weight excluding hydrogens is 448 g/mol. The van der Waals surface area contributed by atoms with Gasteiger partial charge in [-0.2, -0.15) is 8.42 Å². The molecule has 0 unspecified atom stereocenters. The van der Waals surface area contributed by atoms with E-state index in [2.05, 4.69) is 9.97 Å². The smallest absolute Gasteiger partial charge is 0.306 e. The van der Waals surface area contributed by atoms with E-state index in [4.69, 9.17) is 15.8 Å². The quantitative estimate of drug-likeness (QED) is 0.509. The highest BCUT2D eigenvalue weighted by Crippen LogP contribution is 2.40. The molecule has 7 nitrogen and oxygen atoms in total. The molecule has 0 N–H and O–H groups in total. The lowest BCUT2D eigenvalue weighted by Crippen LogP contribution is -2.08. The Kier molecular flexibility index (Phi) is 6.16. The number of hydrogen-bond donors (Lipinski definition) is 0. The predicted molar refractivity (Wildman–Crippen MR) is 116 cm³/mol. The van der Waals surface area contributed by atoms with Crippen molar-refractivity contribution >= 4 is 31.6 Å². The van der Waals surface area contributed by atoms with Crippen molar-refractivity contribution in [2.75, 3.05) is 12.5 Å². The lowest BCUT2D eigenvalue weighted by atomic mass is 9.99. The first-order chi connectivity index (χ1) is 14.0. The maximum Gasteiger partial charge on any atom is 0.306 e. The van der Waals surface area contributed by atoms with Crippen molar-refractivity contribution < 1.29 is 21.0 Å². The molecule has 0 bridgehead atoms. The van der Waals surface area contributed by atoms with Crippen molar-refractivity contribution in [1.29, 1.82) is 0 Å². The van der Waals surface area contributed by atoms with Gasteiger partial charge in [0.15, 0.2) is 15.6 Å². The van der Waals surface area contributed by atoms with Gasteiger partial charge in [-0.05, 0) is 42.3 Å². The molecule has 2 aromatic heterocycles. The van der Waals surface area contributed by atoms with Gasteiger partial charge in [0.1, 0.15) is 0 Å². The Morgan fingerprint density at radius 2 is 1.70 bits per heavy atom. The van der Waals surface area contributed by atoms with Crippen LogP contribution in [-0.4, -0.2) is 39.3 Å². The summed E-state index contributed by atoms with van der Waals surface area (Å²) < 4.78 is 53.0.